The number of aryl methyl sites for hydroxylation is 1. The monoisotopic (exact) mass is 306 g/mol. The van der Waals surface area contributed by atoms with Crippen LogP contribution in [0.2, 0.25) is 5.02 Å². The molecule has 21 heavy (non-hydrogen) atoms. The van der Waals surface area contributed by atoms with Crippen molar-refractivity contribution in [2.75, 3.05) is 6.54 Å². The number of aromatic nitrogens is 3. The molecule has 1 N–H and O–H groups in total. The highest BCUT2D eigenvalue weighted by Crippen LogP contribution is 2.26. The van der Waals surface area contributed by atoms with E-state index in [0.29, 0.717) is 0 Å². The third-order valence-corrected chi connectivity index (χ3v) is 4.12. The lowest BCUT2D eigenvalue weighted by atomic mass is 9.98. The van der Waals surface area contributed by atoms with Crippen LogP contribution < -0.4 is 5.32 Å². The fourth-order valence-corrected chi connectivity index (χ4v) is 2.69. The molecular formula is C16H23ClN4. The number of rotatable bonds is 7. The first kappa shape index (κ1) is 16.0. The smallest absolute Gasteiger partial charge is 0.138 e. The second kappa shape index (κ2) is 7.57. The molecule has 2 aromatic rings. The Morgan fingerprint density at radius 3 is 2.86 bits per heavy atom. The quantitative estimate of drug-likeness (QED) is 0.851. The van der Waals surface area contributed by atoms with Gasteiger partial charge in [0.05, 0.1) is 0 Å². The molecule has 4 nitrogen and oxygen atoms in total. The molecule has 5 heteroatoms. The van der Waals surface area contributed by atoms with Gasteiger partial charge in [-0.25, -0.2) is 4.98 Å². The largest absolute Gasteiger partial charge is 0.310 e. The molecule has 0 fully saturated rings. The molecular weight excluding hydrogens is 284 g/mol. The summed E-state index contributed by atoms with van der Waals surface area (Å²) in [5.74, 6) is 1.01. The SMILES string of the molecule is CCCNC(Cc1ncnn1CC)c1cccc(Cl)c1C. The Labute approximate surface area is 131 Å². The number of hydrogen-bond acceptors (Lipinski definition) is 3. The van der Waals surface area contributed by atoms with E-state index >= 15 is 0 Å². The van der Waals surface area contributed by atoms with Crippen LogP contribution in [0, 0.1) is 6.92 Å². The summed E-state index contributed by atoms with van der Waals surface area (Å²) in [5.41, 5.74) is 2.37. The van der Waals surface area contributed by atoms with Crippen molar-refractivity contribution in [1.29, 1.82) is 0 Å². The summed E-state index contributed by atoms with van der Waals surface area (Å²) in [4.78, 5) is 4.39. The lowest BCUT2D eigenvalue weighted by molar-refractivity contribution is 0.495. The molecule has 1 atom stereocenters. The van der Waals surface area contributed by atoms with E-state index in [1.165, 1.54) is 5.56 Å². The van der Waals surface area contributed by atoms with Gasteiger partial charge in [0.15, 0.2) is 0 Å². The van der Waals surface area contributed by atoms with E-state index in [4.69, 9.17) is 11.6 Å². The maximum Gasteiger partial charge on any atom is 0.138 e. The highest BCUT2D eigenvalue weighted by atomic mass is 35.5. The Hall–Kier alpha value is -1.39. The van der Waals surface area contributed by atoms with Crippen LogP contribution in [0.5, 0.6) is 0 Å². The van der Waals surface area contributed by atoms with Gasteiger partial charge < -0.3 is 5.32 Å². The zero-order valence-corrected chi connectivity index (χ0v) is 13.7. The fourth-order valence-electron chi connectivity index (χ4n) is 2.51. The summed E-state index contributed by atoms with van der Waals surface area (Å²) in [6, 6.07) is 6.29. The Morgan fingerprint density at radius 2 is 2.14 bits per heavy atom. The Bertz CT molecular complexity index is 579. The van der Waals surface area contributed by atoms with Crippen LogP contribution in [0.25, 0.3) is 0 Å². The molecule has 1 unspecified atom stereocenters. The van der Waals surface area contributed by atoms with E-state index in [1.807, 2.05) is 16.8 Å². The van der Waals surface area contributed by atoms with Crippen molar-refractivity contribution >= 4 is 11.6 Å². The summed E-state index contributed by atoms with van der Waals surface area (Å²) < 4.78 is 1.94. The van der Waals surface area contributed by atoms with E-state index in [9.17, 15) is 0 Å². The molecule has 0 spiro atoms. The molecule has 1 heterocycles. The van der Waals surface area contributed by atoms with E-state index < -0.39 is 0 Å². The Morgan fingerprint density at radius 1 is 1.33 bits per heavy atom. The molecule has 0 bridgehead atoms. The summed E-state index contributed by atoms with van der Waals surface area (Å²) >= 11 is 6.27. The van der Waals surface area contributed by atoms with E-state index in [2.05, 4.69) is 42.2 Å². The van der Waals surface area contributed by atoms with Crippen LogP contribution in [0.15, 0.2) is 24.5 Å². The van der Waals surface area contributed by atoms with E-state index in [-0.39, 0.29) is 6.04 Å². The highest BCUT2D eigenvalue weighted by molar-refractivity contribution is 6.31. The van der Waals surface area contributed by atoms with Crippen LogP contribution in [-0.2, 0) is 13.0 Å². The van der Waals surface area contributed by atoms with Crippen LogP contribution in [0.4, 0.5) is 0 Å². The minimum absolute atomic E-state index is 0.207. The molecule has 0 radical (unpaired) electrons. The average molecular weight is 307 g/mol. The minimum Gasteiger partial charge on any atom is -0.310 e. The average Bonchev–Trinajstić information content (AvgIpc) is 2.93. The fraction of sp³-hybridized carbons (Fsp3) is 0.500. The van der Waals surface area contributed by atoms with Gasteiger partial charge in [0.1, 0.15) is 12.2 Å². The first-order chi connectivity index (χ1) is 10.2. The summed E-state index contributed by atoms with van der Waals surface area (Å²) in [7, 11) is 0. The van der Waals surface area contributed by atoms with Gasteiger partial charge in [0.25, 0.3) is 0 Å². The predicted octanol–water partition coefficient (Wildman–Crippen LogP) is 3.54. The van der Waals surface area contributed by atoms with Crippen molar-refractivity contribution in [2.45, 2.75) is 46.2 Å². The third kappa shape index (κ3) is 3.83. The molecule has 0 aliphatic heterocycles. The second-order valence-corrected chi connectivity index (χ2v) is 5.56. The summed E-state index contributed by atoms with van der Waals surface area (Å²) in [6.07, 6.45) is 3.53. The van der Waals surface area contributed by atoms with Crippen LogP contribution in [0.1, 0.15) is 43.3 Å². The van der Waals surface area contributed by atoms with Gasteiger partial charge in [-0.3, -0.25) is 4.68 Å². The van der Waals surface area contributed by atoms with Gasteiger partial charge in [0, 0.05) is 24.0 Å². The van der Waals surface area contributed by atoms with E-state index in [0.717, 1.165) is 42.3 Å². The molecule has 114 valence electrons. The number of halogens is 1. The molecule has 0 saturated heterocycles. The highest BCUT2D eigenvalue weighted by Gasteiger charge is 2.17. The third-order valence-electron chi connectivity index (χ3n) is 3.71. The normalized spacial score (nSPS) is 12.6. The lowest BCUT2D eigenvalue weighted by Crippen LogP contribution is -2.26. The zero-order valence-electron chi connectivity index (χ0n) is 12.9. The van der Waals surface area contributed by atoms with Gasteiger partial charge in [-0.2, -0.15) is 5.10 Å². The first-order valence-electron chi connectivity index (χ1n) is 7.52. The van der Waals surface area contributed by atoms with Crippen molar-refractivity contribution in [2.24, 2.45) is 0 Å². The topological polar surface area (TPSA) is 42.7 Å². The Kier molecular flexibility index (Phi) is 5.76. The molecule has 2 rings (SSSR count). The van der Waals surface area contributed by atoms with Gasteiger partial charge in [-0.05, 0) is 44.0 Å². The Balaban J connectivity index is 2.28. The van der Waals surface area contributed by atoms with Crippen molar-refractivity contribution < 1.29 is 0 Å². The maximum atomic E-state index is 6.27. The zero-order chi connectivity index (χ0) is 15.2. The molecule has 1 aromatic carbocycles. The van der Waals surface area contributed by atoms with Gasteiger partial charge in [-0.15, -0.1) is 0 Å². The van der Waals surface area contributed by atoms with Crippen molar-refractivity contribution in [1.82, 2.24) is 20.1 Å². The summed E-state index contributed by atoms with van der Waals surface area (Å²) in [6.45, 7) is 8.13. The van der Waals surface area contributed by atoms with Crippen molar-refractivity contribution in [3.05, 3.63) is 46.5 Å². The van der Waals surface area contributed by atoms with Crippen LogP contribution >= 0.6 is 11.6 Å². The number of hydrogen-bond donors (Lipinski definition) is 1. The van der Waals surface area contributed by atoms with Gasteiger partial charge in [-0.1, -0.05) is 30.7 Å². The number of benzene rings is 1. The lowest BCUT2D eigenvalue weighted by Gasteiger charge is -2.21. The second-order valence-electron chi connectivity index (χ2n) is 5.16. The number of nitrogens with zero attached hydrogens (tertiary/aromatic N) is 3. The molecule has 0 saturated carbocycles. The van der Waals surface area contributed by atoms with Crippen molar-refractivity contribution in [3.8, 4) is 0 Å². The minimum atomic E-state index is 0.207. The standard InChI is InChI=1S/C16H23ClN4/c1-4-9-18-15(10-16-19-11-20-21(16)5-2)13-7-6-8-14(17)12(13)3/h6-8,11,15,18H,4-5,9-10H2,1-3H3. The molecule has 0 aliphatic carbocycles. The molecule has 1 aromatic heterocycles. The van der Waals surface area contributed by atoms with E-state index in [1.54, 1.807) is 6.33 Å². The molecule has 0 aliphatic rings. The summed E-state index contributed by atoms with van der Waals surface area (Å²) in [5, 5.41) is 8.67. The molecule has 0 amide bonds. The maximum absolute atomic E-state index is 6.27. The van der Waals surface area contributed by atoms with Crippen LogP contribution in [0.3, 0.4) is 0 Å². The predicted molar refractivity (Wildman–Crippen MR) is 86.6 cm³/mol. The van der Waals surface area contributed by atoms with Crippen LogP contribution in [-0.4, -0.2) is 21.3 Å². The first-order valence-corrected chi connectivity index (χ1v) is 7.90. The van der Waals surface area contributed by atoms with Gasteiger partial charge in [0.2, 0.25) is 0 Å². The van der Waals surface area contributed by atoms with Crippen molar-refractivity contribution in [3.63, 3.8) is 0 Å². The number of nitrogens with one attached hydrogen (secondary N) is 1. The van der Waals surface area contributed by atoms with Gasteiger partial charge >= 0.3 is 0 Å².